The molecule has 42 heavy (non-hydrogen) atoms. The van der Waals surface area contributed by atoms with Gasteiger partial charge in [-0.3, -0.25) is 4.79 Å². The molecular weight excluding hydrogens is 544 g/mol. The zero-order chi connectivity index (χ0) is 28.3. The number of likely N-dealkylation sites (tertiary alicyclic amines) is 1. The summed E-state index contributed by atoms with van der Waals surface area (Å²) in [6.07, 6.45) is 3.48. The standard InChI is InChI=1S/C34H36N4O3S/c39-33-22-27(38-16-18-40-19-17-38)21-29(36-33)28-9-4-10-31-34(28)41-30-12-11-25(20-32(30)42-31)35-26-8-5-14-37(23-26)15-13-24-6-2-1-3-7-24/h1-4,6-7,9-12,20-22,26,35H,5,8,13-19,23H2,(H,36,39). The van der Waals surface area contributed by atoms with Crippen molar-refractivity contribution in [2.75, 3.05) is 56.2 Å². The van der Waals surface area contributed by atoms with Crippen LogP contribution < -0.4 is 20.5 Å². The van der Waals surface area contributed by atoms with E-state index in [1.165, 1.54) is 24.9 Å². The van der Waals surface area contributed by atoms with E-state index in [0.717, 1.165) is 76.5 Å². The van der Waals surface area contributed by atoms with Gasteiger partial charge in [0.2, 0.25) is 5.56 Å². The predicted molar refractivity (Wildman–Crippen MR) is 169 cm³/mol. The van der Waals surface area contributed by atoms with E-state index in [9.17, 15) is 4.79 Å². The summed E-state index contributed by atoms with van der Waals surface area (Å²) >= 11 is 1.72. The predicted octanol–water partition coefficient (Wildman–Crippen LogP) is 6.25. The van der Waals surface area contributed by atoms with Crippen LogP contribution in [-0.2, 0) is 11.2 Å². The maximum atomic E-state index is 12.6. The number of fused-ring (bicyclic) bond motifs is 2. The number of para-hydroxylation sites is 1. The van der Waals surface area contributed by atoms with E-state index < -0.39 is 0 Å². The minimum absolute atomic E-state index is 0.118. The summed E-state index contributed by atoms with van der Waals surface area (Å²) in [4.78, 5) is 22.6. The van der Waals surface area contributed by atoms with Gasteiger partial charge in [-0.05, 0) is 67.8 Å². The van der Waals surface area contributed by atoms with Crippen LogP contribution in [-0.4, -0.2) is 61.9 Å². The maximum absolute atomic E-state index is 12.6. The number of aromatic amines is 1. The first kappa shape index (κ1) is 27.1. The summed E-state index contributed by atoms with van der Waals surface area (Å²) in [5.41, 5.74) is 4.97. The van der Waals surface area contributed by atoms with Crippen LogP contribution in [0, 0.1) is 0 Å². The Morgan fingerprint density at radius 1 is 0.929 bits per heavy atom. The molecule has 4 aromatic rings. The topological polar surface area (TPSA) is 69.8 Å². The minimum Gasteiger partial charge on any atom is -0.454 e. The van der Waals surface area contributed by atoms with Crippen molar-refractivity contribution in [2.24, 2.45) is 0 Å². The highest BCUT2D eigenvalue weighted by Gasteiger charge is 2.24. The molecule has 7 rings (SSSR count). The van der Waals surface area contributed by atoms with Gasteiger partial charge in [-0.2, -0.15) is 0 Å². The van der Waals surface area contributed by atoms with Gasteiger partial charge in [-0.1, -0.05) is 48.2 Å². The van der Waals surface area contributed by atoms with Gasteiger partial charge in [0.25, 0.3) is 0 Å². The van der Waals surface area contributed by atoms with Crippen molar-refractivity contribution < 1.29 is 9.47 Å². The number of ether oxygens (including phenoxy) is 2. The number of hydrogen-bond acceptors (Lipinski definition) is 7. The molecule has 7 nitrogen and oxygen atoms in total. The average Bonchev–Trinajstić information content (AvgIpc) is 3.03. The Hall–Kier alpha value is -3.72. The molecule has 1 aromatic heterocycles. The Kier molecular flexibility index (Phi) is 7.92. The van der Waals surface area contributed by atoms with Crippen molar-refractivity contribution in [1.82, 2.24) is 9.88 Å². The van der Waals surface area contributed by atoms with Crippen LogP contribution in [0.15, 0.2) is 93.4 Å². The lowest BCUT2D eigenvalue weighted by atomic mass is 10.0. The number of piperidine rings is 1. The summed E-state index contributed by atoms with van der Waals surface area (Å²) in [6, 6.07) is 27.4. The van der Waals surface area contributed by atoms with E-state index in [-0.39, 0.29) is 5.56 Å². The number of benzene rings is 3. The fraction of sp³-hybridized carbons (Fsp3) is 0.324. The summed E-state index contributed by atoms with van der Waals surface area (Å²) in [5, 5.41) is 3.80. The quantitative estimate of drug-likeness (QED) is 0.236. The van der Waals surface area contributed by atoms with Crippen LogP contribution in [0.5, 0.6) is 11.5 Å². The van der Waals surface area contributed by atoms with Gasteiger partial charge in [-0.25, -0.2) is 0 Å². The fourth-order valence-corrected chi connectivity index (χ4v) is 7.15. The first-order valence-corrected chi connectivity index (χ1v) is 15.7. The number of rotatable bonds is 7. The third-order valence-electron chi connectivity index (χ3n) is 8.29. The zero-order valence-electron chi connectivity index (χ0n) is 23.7. The number of morpholine rings is 1. The van der Waals surface area contributed by atoms with Gasteiger partial charge in [0, 0.05) is 55.2 Å². The molecule has 216 valence electrons. The number of nitrogens with zero attached hydrogens (tertiary/aromatic N) is 2. The summed E-state index contributed by atoms with van der Waals surface area (Å²) in [7, 11) is 0. The third kappa shape index (κ3) is 6.07. The zero-order valence-corrected chi connectivity index (χ0v) is 24.5. The first-order chi connectivity index (χ1) is 20.7. The van der Waals surface area contributed by atoms with Gasteiger partial charge in [0.1, 0.15) is 5.75 Å². The molecule has 0 bridgehead atoms. The normalized spacial score (nSPS) is 18.6. The van der Waals surface area contributed by atoms with Crippen molar-refractivity contribution in [3.63, 3.8) is 0 Å². The van der Waals surface area contributed by atoms with Crippen LogP contribution in [0.1, 0.15) is 18.4 Å². The highest BCUT2D eigenvalue weighted by molar-refractivity contribution is 7.99. The second-order valence-electron chi connectivity index (χ2n) is 11.2. The Labute approximate surface area is 250 Å². The average molecular weight is 581 g/mol. The molecule has 4 heterocycles. The molecule has 3 aliphatic heterocycles. The maximum Gasteiger partial charge on any atom is 0.250 e. The highest BCUT2D eigenvalue weighted by Crippen LogP contribution is 2.51. The molecular formula is C34H36N4O3S. The molecule has 2 fully saturated rings. The van der Waals surface area contributed by atoms with Crippen molar-refractivity contribution >= 4 is 23.1 Å². The van der Waals surface area contributed by atoms with Crippen LogP contribution in [0.3, 0.4) is 0 Å². The Bertz CT molecular complexity index is 1600. The monoisotopic (exact) mass is 580 g/mol. The molecule has 2 N–H and O–H groups in total. The van der Waals surface area contributed by atoms with Crippen LogP contribution in [0.4, 0.5) is 11.4 Å². The molecule has 1 atom stereocenters. The molecule has 2 saturated heterocycles. The molecule has 0 aliphatic carbocycles. The van der Waals surface area contributed by atoms with Crippen molar-refractivity contribution in [3.05, 3.63) is 94.8 Å². The smallest absolute Gasteiger partial charge is 0.250 e. The number of pyridine rings is 1. The highest BCUT2D eigenvalue weighted by atomic mass is 32.2. The summed E-state index contributed by atoms with van der Waals surface area (Å²) in [6.45, 7) is 6.21. The molecule has 0 amide bonds. The Morgan fingerprint density at radius 3 is 2.69 bits per heavy atom. The number of H-pyrrole nitrogens is 1. The number of anilines is 2. The van der Waals surface area contributed by atoms with Gasteiger partial charge in [-0.15, -0.1) is 0 Å². The van der Waals surface area contributed by atoms with E-state index in [1.807, 2.05) is 18.2 Å². The molecule has 0 radical (unpaired) electrons. The lowest BCUT2D eigenvalue weighted by Gasteiger charge is -2.34. The fourth-order valence-electron chi connectivity index (χ4n) is 6.13. The Balaban J connectivity index is 1.05. The molecule has 0 spiro atoms. The van der Waals surface area contributed by atoms with Crippen LogP contribution in [0.25, 0.3) is 11.3 Å². The molecule has 3 aromatic carbocycles. The second-order valence-corrected chi connectivity index (χ2v) is 12.3. The van der Waals surface area contributed by atoms with E-state index in [4.69, 9.17) is 9.47 Å². The van der Waals surface area contributed by atoms with E-state index in [1.54, 1.807) is 17.8 Å². The van der Waals surface area contributed by atoms with Gasteiger partial charge >= 0.3 is 0 Å². The molecule has 1 unspecified atom stereocenters. The van der Waals surface area contributed by atoms with Crippen LogP contribution >= 0.6 is 11.8 Å². The lowest BCUT2D eigenvalue weighted by Crippen LogP contribution is -2.42. The van der Waals surface area contributed by atoms with E-state index >= 15 is 0 Å². The largest absolute Gasteiger partial charge is 0.454 e. The van der Waals surface area contributed by atoms with Gasteiger partial charge in [0.15, 0.2) is 5.75 Å². The summed E-state index contributed by atoms with van der Waals surface area (Å²) in [5.74, 6) is 1.62. The molecule has 0 saturated carbocycles. The van der Waals surface area contributed by atoms with Gasteiger partial charge in [0.05, 0.1) is 28.7 Å². The lowest BCUT2D eigenvalue weighted by molar-refractivity contribution is 0.122. The Morgan fingerprint density at radius 2 is 1.81 bits per heavy atom. The first-order valence-electron chi connectivity index (χ1n) is 14.9. The SMILES string of the molecule is O=c1cc(N2CCOCC2)cc(-c2cccc3c2Oc2ccc(NC4CCCN(CCc5ccccc5)C4)cc2S3)[nH]1. The summed E-state index contributed by atoms with van der Waals surface area (Å²) < 4.78 is 12.0. The number of hydrogen-bond donors (Lipinski definition) is 2. The minimum atomic E-state index is -0.118. The molecule has 8 heteroatoms. The number of nitrogens with one attached hydrogen (secondary N) is 2. The molecule has 3 aliphatic rings. The van der Waals surface area contributed by atoms with Crippen LogP contribution in [0.2, 0.25) is 0 Å². The number of aromatic nitrogens is 1. The van der Waals surface area contributed by atoms with Crippen molar-refractivity contribution in [1.29, 1.82) is 0 Å². The van der Waals surface area contributed by atoms with E-state index in [0.29, 0.717) is 19.3 Å². The second kappa shape index (κ2) is 12.3. The van der Waals surface area contributed by atoms with Gasteiger partial charge < -0.3 is 29.6 Å². The van der Waals surface area contributed by atoms with Crippen molar-refractivity contribution in [3.8, 4) is 22.8 Å². The van der Waals surface area contributed by atoms with Crippen molar-refractivity contribution in [2.45, 2.75) is 35.1 Å². The van der Waals surface area contributed by atoms with E-state index in [2.05, 4.69) is 74.7 Å². The third-order valence-corrected chi connectivity index (χ3v) is 9.37.